The van der Waals surface area contributed by atoms with Crippen LogP contribution in [-0.4, -0.2) is 41.3 Å². The van der Waals surface area contributed by atoms with E-state index in [1.165, 1.54) is 18.0 Å². The van der Waals surface area contributed by atoms with Crippen molar-refractivity contribution in [2.45, 2.75) is 83.3 Å². The van der Waals surface area contributed by atoms with Crippen LogP contribution in [0.5, 0.6) is 5.75 Å². The second kappa shape index (κ2) is 13.6. The summed E-state index contributed by atoms with van der Waals surface area (Å²) in [6, 6.07) is 2.63. The normalized spacial score (nSPS) is 17.6. The molecule has 2 atom stereocenters. The molecule has 0 bridgehead atoms. The molecule has 1 aliphatic rings. The van der Waals surface area contributed by atoms with Crippen molar-refractivity contribution < 1.29 is 49.0 Å². The number of alkyl halides is 9. The Labute approximate surface area is 253 Å². The highest BCUT2D eigenvalue weighted by molar-refractivity contribution is 5.95. The number of hydrogen-bond acceptors (Lipinski definition) is 5. The fourth-order valence-corrected chi connectivity index (χ4v) is 5.21. The molecule has 2 aromatic rings. The zero-order chi connectivity index (χ0) is 33.9. The Morgan fingerprint density at radius 2 is 1.60 bits per heavy atom. The Hall–Kier alpha value is -3.89. The molecule has 1 amide bonds. The van der Waals surface area contributed by atoms with E-state index in [-0.39, 0.29) is 36.1 Å². The molecule has 0 spiro atoms. The van der Waals surface area contributed by atoms with Gasteiger partial charge in [-0.05, 0) is 61.2 Å². The van der Waals surface area contributed by atoms with Crippen LogP contribution in [0, 0.1) is 0 Å². The van der Waals surface area contributed by atoms with Crippen LogP contribution < -0.4 is 21.2 Å². The van der Waals surface area contributed by atoms with Crippen LogP contribution in [0.15, 0.2) is 41.5 Å². The minimum Gasteiger partial charge on any atom is -0.406 e. The van der Waals surface area contributed by atoms with Crippen LogP contribution in [-0.2, 0) is 23.7 Å². The third kappa shape index (κ3) is 9.08. The third-order valence-electron chi connectivity index (χ3n) is 7.13. The molecule has 0 fully saturated rings. The van der Waals surface area contributed by atoms with Gasteiger partial charge in [0.2, 0.25) is 11.9 Å². The first-order valence-electron chi connectivity index (χ1n) is 13.8. The van der Waals surface area contributed by atoms with E-state index in [1.54, 1.807) is 6.92 Å². The maximum absolute atomic E-state index is 13.6. The summed E-state index contributed by atoms with van der Waals surface area (Å²) in [5.41, 5.74) is 2.86. The predicted octanol–water partition coefficient (Wildman–Crippen LogP) is 6.91. The molecule has 45 heavy (non-hydrogen) atoms. The molecule has 0 unspecified atom stereocenters. The maximum atomic E-state index is 13.6. The third-order valence-corrected chi connectivity index (χ3v) is 7.13. The Balaban J connectivity index is 2.27. The molecule has 0 aliphatic carbocycles. The number of benzene rings is 2. The van der Waals surface area contributed by atoms with E-state index in [9.17, 15) is 44.3 Å². The van der Waals surface area contributed by atoms with Crippen molar-refractivity contribution in [3.05, 3.63) is 58.7 Å². The number of hydrogen-bond donors (Lipinski definition) is 2. The lowest BCUT2D eigenvalue weighted by atomic mass is 9.87. The van der Waals surface area contributed by atoms with Crippen LogP contribution >= 0.6 is 0 Å². The molecule has 8 nitrogen and oxygen atoms in total. The van der Waals surface area contributed by atoms with E-state index in [0.29, 0.717) is 31.4 Å². The first-order chi connectivity index (χ1) is 20.7. The summed E-state index contributed by atoms with van der Waals surface area (Å²) in [5.74, 6) is 4.19. The largest absolute Gasteiger partial charge is 0.573 e. The average molecular weight is 657 g/mol. The number of carbonyl (C=O) groups is 1. The van der Waals surface area contributed by atoms with E-state index < -0.39 is 65.7 Å². The summed E-state index contributed by atoms with van der Waals surface area (Å²) in [7, 11) is 1.25. The molecule has 0 aromatic heterocycles. The van der Waals surface area contributed by atoms with Crippen molar-refractivity contribution in [1.29, 1.82) is 0 Å². The van der Waals surface area contributed by atoms with E-state index in [1.807, 2.05) is 6.92 Å². The van der Waals surface area contributed by atoms with Crippen LogP contribution in [0.25, 0.3) is 0 Å². The highest BCUT2D eigenvalue weighted by Gasteiger charge is 2.41. The lowest BCUT2D eigenvalue weighted by Crippen LogP contribution is -2.50. The highest BCUT2D eigenvalue weighted by Crippen LogP contribution is 2.45. The van der Waals surface area contributed by atoms with E-state index in [4.69, 9.17) is 11.6 Å². The summed E-state index contributed by atoms with van der Waals surface area (Å²) < 4.78 is 125. The molecule has 1 aliphatic heterocycles. The van der Waals surface area contributed by atoms with Gasteiger partial charge in [-0.3, -0.25) is 4.79 Å². The molecule has 2 aromatic carbocycles. The lowest BCUT2D eigenvalue weighted by Gasteiger charge is -2.45. The minimum absolute atomic E-state index is 0.0214. The smallest absolute Gasteiger partial charge is 0.406 e. The minimum atomic E-state index is -5.13. The summed E-state index contributed by atoms with van der Waals surface area (Å²) in [6.45, 7) is 2.94. The van der Waals surface area contributed by atoms with Gasteiger partial charge >= 0.3 is 18.7 Å². The summed E-state index contributed by atoms with van der Waals surface area (Å²) in [6.07, 6.45) is -13.7. The first-order valence-corrected chi connectivity index (χ1v) is 13.8. The van der Waals surface area contributed by atoms with Crippen LogP contribution in [0.1, 0.15) is 74.2 Å². The van der Waals surface area contributed by atoms with Gasteiger partial charge in [0.15, 0.2) is 0 Å². The molecular weight excluding hydrogens is 623 g/mol. The van der Waals surface area contributed by atoms with Crippen molar-refractivity contribution in [2.24, 2.45) is 16.7 Å². The number of carbonyl (C=O) groups excluding carboxylic acids is 1. The number of nitrogens with zero attached hydrogens (tertiary/aromatic N) is 4. The number of nitrogens with two attached hydrogens (primary N) is 2. The molecule has 3 rings (SSSR count). The Morgan fingerprint density at radius 3 is 2.09 bits per heavy atom. The second-order valence-corrected chi connectivity index (χ2v) is 10.5. The fourth-order valence-electron chi connectivity index (χ4n) is 5.21. The second-order valence-electron chi connectivity index (χ2n) is 10.5. The summed E-state index contributed by atoms with van der Waals surface area (Å²) >= 11 is 0. The van der Waals surface area contributed by atoms with Crippen molar-refractivity contribution in [3.8, 4) is 5.75 Å². The van der Waals surface area contributed by atoms with E-state index in [2.05, 4.69) is 9.84 Å². The number of ether oxygens (including phenoxy) is 1. The van der Waals surface area contributed by atoms with Gasteiger partial charge in [0.05, 0.1) is 17.2 Å². The van der Waals surface area contributed by atoms with Crippen molar-refractivity contribution in [1.82, 2.24) is 10.0 Å². The monoisotopic (exact) mass is 656 g/mol. The van der Waals surface area contributed by atoms with E-state index in [0.717, 1.165) is 22.2 Å². The van der Waals surface area contributed by atoms with Gasteiger partial charge in [-0.2, -0.15) is 26.3 Å². The van der Waals surface area contributed by atoms with Gasteiger partial charge in [0.1, 0.15) is 5.75 Å². The number of halogens is 9. The first kappa shape index (κ1) is 35.6. The standard InChI is InChI=1S/C28H33F9N6O2/c1-4-6-7-24(44)43-19(5-2)13-23(21-14-20(8-9-22(21)43)45-28(35,36)37)42(25(38)40-41(3)39)15-16-10-17(26(29,30)31)12-18(11-16)27(32,33)34/h8-12,14,19,23H,4-7,13,15,39H2,1-3H3,(H2,38,40)/t19-,23+/m1/s1. The fraction of sp³-hybridized carbons (Fsp3) is 0.500. The number of anilines is 1. The predicted molar refractivity (Wildman–Crippen MR) is 147 cm³/mol. The Kier molecular flexibility index (Phi) is 10.8. The van der Waals surface area contributed by atoms with Gasteiger partial charge in [-0.15, -0.1) is 18.3 Å². The quantitative estimate of drug-likeness (QED) is 0.100. The zero-order valence-electron chi connectivity index (χ0n) is 24.5. The highest BCUT2D eigenvalue weighted by atomic mass is 19.4. The van der Waals surface area contributed by atoms with Gasteiger partial charge in [-0.1, -0.05) is 20.3 Å². The summed E-state index contributed by atoms with van der Waals surface area (Å²) in [4.78, 5) is 15.9. The lowest BCUT2D eigenvalue weighted by molar-refractivity contribution is -0.274. The van der Waals surface area contributed by atoms with Gasteiger partial charge in [0, 0.05) is 37.3 Å². The number of hydrazone groups is 1. The topological polar surface area (TPSA) is 100 Å². The van der Waals surface area contributed by atoms with Crippen molar-refractivity contribution >= 4 is 17.6 Å². The maximum Gasteiger partial charge on any atom is 0.573 e. The number of guanidine groups is 1. The SMILES string of the molecule is CCCCC(=O)N1c2ccc(OC(F)(F)F)cc2[C@@H](N(Cc2cc(C(F)(F)F)cc(C(F)(F)F)c2)/C(N)=N/N(C)N)C[C@H]1CC. The molecule has 17 heteroatoms. The van der Waals surface area contributed by atoms with Crippen molar-refractivity contribution in [3.63, 3.8) is 0 Å². The molecule has 0 saturated carbocycles. The number of hydrazine groups is 1. The zero-order valence-corrected chi connectivity index (χ0v) is 24.5. The number of unbranched alkanes of at least 4 members (excludes halogenated alkanes) is 1. The molecule has 1 heterocycles. The molecule has 0 saturated heterocycles. The average Bonchev–Trinajstić information content (AvgIpc) is 2.91. The molecule has 250 valence electrons. The van der Waals surface area contributed by atoms with Crippen molar-refractivity contribution in [2.75, 3.05) is 11.9 Å². The molecule has 4 N–H and O–H groups in total. The Morgan fingerprint density at radius 1 is 1.00 bits per heavy atom. The van der Waals surface area contributed by atoms with E-state index >= 15 is 0 Å². The van der Waals surface area contributed by atoms with Gasteiger partial charge < -0.3 is 20.3 Å². The Bertz CT molecular complexity index is 1340. The number of rotatable bonds is 9. The molecular formula is C28H33F9N6O2. The van der Waals surface area contributed by atoms with Crippen LogP contribution in [0.4, 0.5) is 45.2 Å². The summed E-state index contributed by atoms with van der Waals surface area (Å²) in [5, 5.41) is 4.64. The van der Waals surface area contributed by atoms with Crippen LogP contribution in [0.3, 0.4) is 0 Å². The van der Waals surface area contributed by atoms with Crippen LogP contribution in [0.2, 0.25) is 0 Å². The molecule has 0 radical (unpaired) electrons. The van der Waals surface area contributed by atoms with Gasteiger partial charge in [0.25, 0.3) is 0 Å². The van der Waals surface area contributed by atoms with Gasteiger partial charge in [-0.25, -0.2) is 11.0 Å². The number of amides is 1. The number of fused-ring (bicyclic) bond motifs is 1.